The summed E-state index contributed by atoms with van der Waals surface area (Å²) in [5.74, 6) is -0.372. The molecule has 6 nitrogen and oxygen atoms in total. The lowest BCUT2D eigenvalue weighted by molar-refractivity contribution is -0.173. The van der Waals surface area contributed by atoms with Crippen LogP contribution in [0.1, 0.15) is 40.1 Å². The molecule has 1 amide bonds. The van der Waals surface area contributed by atoms with Crippen LogP contribution in [0.2, 0.25) is 5.02 Å². The molecule has 3 N–H and O–H groups in total. The van der Waals surface area contributed by atoms with Crippen molar-refractivity contribution in [2.24, 2.45) is 0 Å². The number of carbonyl (C=O) groups excluding carboxylic acids is 1. The number of halogens is 4. The SMILES string of the molecule is O=C(NCCc1c[nH]c2ccccc12)c1cc2n(n1)[C@H](C(F)(F)F)C[C@H](c1ccc(Cl)cc1)N2. The van der Waals surface area contributed by atoms with Crippen molar-refractivity contribution in [3.8, 4) is 0 Å². The fourth-order valence-corrected chi connectivity index (χ4v) is 4.46. The van der Waals surface area contributed by atoms with Gasteiger partial charge in [-0.15, -0.1) is 0 Å². The number of para-hydroxylation sites is 1. The number of nitrogens with zero attached hydrogens (tertiary/aromatic N) is 2. The minimum absolute atomic E-state index is 0.0626. The van der Waals surface area contributed by atoms with Gasteiger partial charge in [-0.3, -0.25) is 4.79 Å². The zero-order valence-corrected chi connectivity index (χ0v) is 18.6. The molecule has 3 heterocycles. The Morgan fingerprint density at radius 2 is 1.94 bits per heavy atom. The molecule has 2 atom stereocenters. The van der Waals surface area contributed by atoms with Gasteiger partial charge in [0.1, 0.15) is 5.82 Å². The number of aromatic nitrogens is 3. The number of fused-ring (bicyclic) bond motifs is 2. The molecular weight excluding hydrogens is 467 g/mol. The van der Waals surface area contributed by atoms with E-state index in [1.165, 1.54) is 6.07 Å². The average Bonchev–Trinajstić information content (AvgIpc) is 3.42. The number of aromatic amines is 1. The van der Waals surface area contributed by atoms with Gasteiger partial charge in [0.15, 0.2) is 11.7 Å². The Bertz CT molecular complexity index is 1330. The summed E-state index contributed by atoms with van der Waals surface area (Å²) in [5, 5.41) is 11.4. The Balaban J connectivity index is 1.32. The third-order valence-electron chi connectivity index (χ3n) is 6.05. The van der Waals surface area contributed by atoms with E-state index in [-0.39, 0.29) is 17.9 Å². The predicted molar refractivity (Wildman–Crippen MR) is 124 cm³/mol. The fraction of sp³-hybridized carbons (Fsp3) is 0.250. The lowest BCUT2D eigenvalue weighted by atomic mass is 9.97. The van der Waals surface area contributed by atoms with E-state index < -0.39 is 24.2 Å². The van der Waals surface area contributed by atoms with Gasteiger partial charge in [-0.25, -0.2) is 4.68 Å². The van der Waals surface area contributed by atoms with Gasteiger partial charge in [0, 0.05) is 41.2 Å². The predicted octanol–water partition coefficient (Wildman–Crippen LogP) is 5.65. The summed E-state index contributed by atoms with van der Waals surface area (Å²) in [4.78, 5) is 15.9. The van der Waals surface area contributed by atoms with Crippen molar-refractivity contribution in [3.05, 3.63) is 82.6 Å². The maximum absolute atomic E-state index is 13.9. The maximum atomic E-state index is 13.9. The Hall–Kier alpha value is -3.46. The van der Waals surface area contributed by atoms with Gasteiger partial charge in [-0.1, -0.05) is 41.9 Å². The fourth-order valence-electron chi connectivity index (χ4n) is 4.34. The Morgan fingerprint density at radius 3 is 2.71 bits per heavy atom. The van der Waals surface area contributed by atoms with Crippen molar-refractivity contribution in [3.63, 3.8) is 0 Å². The number of hydrogen-bond donors (Lipinski definition) is 3. The topological polar surface area (TPSA) is 74.7 Å². The molecule has 10 heteroatoms. The quantitative estimate of drug-likeness (QED) is 0.340. The second-order valence-electron chi connectivity index (χ2n) is 8.27. The van der Waals surface area contributed by atoms with Crippen LogP contribution in [0.15, 0.2) is 60.8 Å². The van der Waals surface area contributed by atoms with E-state index in [2.05, 4.69) is 20.7 Å². The van der Waals surface area contributed by atoms with Crippen LogP contribution in [-0.4, -0.2) is 33.4 Å². The normalized spacial score (nSPS) is 17.9. The van der Waals surface area contributed by atoms with Crippen molar-refractivity contribution >= 4 is 34.2 Å². The van der Waals surface area contributed by atoms with Crippen molar-refractivity contribution in [2.45, 2.75) is 31.1 Å². The Morgan fingerprint density at radius 1 is 1.18 bits per heavy atom. The van der Waals surface area contributed by atoms with E-state index in [4.69, 9.17) is 11.6 Å². The lowest BCUT2D eigenvalue weighted by Gasteiger charge is -2.33. The van der Waals surface area contributed by atoms with E-state index in [0.29, 0.717) is 23.6 Å². The van der Waals surface area contributed by atoms with Crippen molar-refractivity contribution < 1.29 is 18.0 Å². The molecule has 176 valence electrons. The zero-order valence-electron chi connectivity index (χ0n) is 17.9. The standard InChI is InChI=1S/C24H21ClF3N5O/c25-16-7-5-14(6-8-16)19-11-21(24(26,27)28)33-22(31-19)12-20(32-33)23(34)29-10-9-15-13-30-18-4-2-1-3-17(15)18/h1-8,12-13,19,21,30-31H,9-11H2,(H,29,34)/t19-,21+/m1/s1. The van der Waals surface area contributed by atoms with Gasteiger partial charge in [0.05, 0.1) is 6.04 Å². The van der Waals surface area contributed by atoms with Gasteiger partial charge in [-0.05, 0) is 35.7 Å². The molecule has 0 fully saturated rings. The molecule has 2 aromatic carbocycles. The van der Waals surface area contributed by atoms with Crippen LogP contribution < -0.4 is 10.6 Å². The number of amides is 1. The van der Waals surface area contributed by atoms with Crippen molar-refractivity contribution in [1.82, 2.24) is 20.1 Å². The summed E-state index contributed by atoms with van der Waals surface area (Å²) in [6.07, 6.45) is -2.30. The van der Waals surface area contributed by atoms with Crippen LogP contribution in [-0.2, 0) is 6.42 Å². The largest absolute Gasteiger partial charge is 0.410 e. The molecule has 1 aliphatic rings. The summed E-state index contributed by atoms with van der Waals surface area (Å²) >= 11 is 5.91. The highest BCUT2D eigenvalue weighted by Crippen LogP contribution is 2.43. The first-order valence-corrected chi connectivity index (χ1v) is 11.2. The summed E-state index contributed by atoms with van der Waals surface area (Å²) in [7, 11) is 0. The molecule has 2 aromatic heterocycles. The van der Waals surface area contributed by atoms with Gasteiger partial charge < -0.3 is 15.6 Å². The molecule has 0 unspecified atom stereocenters. The number of H-pyrrole nitrogens is 1. The third-order valence-corrected chi connectivity index (χ3v) is 6.30. The minimum Gasteiger partial charge on any atom is -0.363 e. The number of benzene rings is 2. The molecule has 34 heavy (non-hydrogen) atoms. The zero-order chi connectivity index (χ0) is 23.9. The van der Waals surface area contributed by atoms with E-state index in [1.807, 2.05) is 30.5 Å². The summed E-state index contributed by atoms with van der Waals surface area (Å²) in [6, 6.07) is 13.4. The minimum atomic E-state index is -4.52. The van der Waals surface area contributed by atoms with Crippen LogP contribution in [0, 0.1) is 0 Å². The van der Waals surface area contributed by atoms with Crippen molar-refractivity contribution in [2.75, 3.05) is 11.9 Å². The highest BCUT2D eigenvalue weighted by atomic mass is 35.5. The van der Waals surface area contributed by atoms with E-state index in [0.717, 1.165) is 21.1 Å². The molecule has 4 aromatic rings. The van der Waals surface area contributed by atoms with Gasteiger partial charge in [0.2, 0.25) is 0 Å². The molecule has 0 saturated carbocycles. The Labute approximate surface area is 198 Å². The smallest absolute Gasteiger partial charge is 0.363 e. The third kappa shape index (κ3) is 4.35. The van der Waals surface area contributed by atoms with E-state index in [1.54, 1.807) is 24.3 Å². The number of carbonyl (C=O) groups is 1. The molecule has 1 aliphatic heterocycles. The number of rotatable bonds is 5. The summed E-state index contributed by atoms with van der Waals surface area (Å²) in [6.45, 7) is 0.326. The number of anilines is 1. The number of alkyl halides is 3. The summed E-state index contributed by atoms with van der Waals surface area (Å²) < 4.78 is 42.4. The average molecular weight is 488 g/mol. The first kappa shape index (κ1) is 22.3. The van der Waals surface area contributed by atoms with Gasteiger partial charge in [-0.2, -0.15) is 18.3 Å². The van der Waals surface area contributed by atoms with Crippen molar-refractivity contribution in [1.29, 1.82) is 0 Å². The summed E-state index contributed by atoms with van der Waals surface area (Å²) in [5.41, 5.74) is 2.66. The van der Waals surface area contributed by atoms with Crippen LogP contribution in [0.25, 0.3) is 10.9 Å². The van der Waals surface area contributed by atoms with E-state index in [9.17, 15) is 18.0 Å². The van der Waals surface area contributed by atoms with Gasteiger partial charge in [0.25, 0.3) is 5.91 Å². The first-order valence-electron chi connectivity index (χ1n) is 10.8. The molecule has 0 aliphatic carbocycles. The molecule has 0 saturated heterocycles. The lowest BCUT2D eigenvalue weighted by Crippen LogP contribution is -2.35. The van der Waals surface area contributed by atoms with Crippen LogP contribution in [0.3, 0.4) is 0 Å². The number of hydrogen-bond acceptors (Lipinski definition) is 3. The van der Waals surface area contributed by atoms with Crippen LogP contribution in [0.5, 0.6) is 0 Å². The monoisotopic (exact) mass is 487 g/mol. The molecular formula is C24H21ClF3N5O. The molecule has 5 rings (SSSR count). The maximum Gasteiger partial charge on any atom is 0.410 e. The van der Waals surface area contributed by atoms with Crippen LogP contribution in [0.4, 0.5) is 19.0 Å². The highest BCUT2D eigenvalue weighted by Gasteiger charge is 2.46. The molecule has 0 spiro atoms. The van der Waals surface area contributed by atoms with Gasteiger partial charge >= 0.3 is 6.18 Å². The second kappa shape index (κ2) is 8.72. The Kier molecular flexibility index (Phi) is 5.73. The second-order valence-corrected chi connectivity index (χ2v) is 8.70. The molecule has 0 bridgehead atoms. The van der Waals surface area contributed by atoms with Crippen LogP contribution >= 0.6 is 11.6 Å². The molecule has 0 radical (unpaired) electrons. The highest BCUT2D eigenvalue weighted by molar-refractivity contribution is 6.30. The first-order chi connectivity index (χ1) is 16.3. The number of nitrogens with one attached hydrogen (secondary N) is 3. The van der Waals surface area contributed by atoms with E-state index >= 15 is 0 Å².